The van der Waals surface area contributed by atoms with Crippen molar-refractivity contribution in [2.75, 3.05) is 12.5 Å². The third-order valence-corrected chi connectivity index (χ3v) is 2.46. The van der Waals surface area contributed by atoms with Gasteiger partial charge in [0.2, 0.25) is 0 Å². The highest BCUT2D eigenvalue weighted by Crippen LogP contribution is 2.17. The summed E-state index contributed by atoms with van der Waals surface area (Å²) in [5.74, 6) is 1.62. The molecule has 0 aromatic carbocycles. The van der Waals surface area contributed by atoms with E-state index >= 15 is 0 Å². The van der Waals surface area contributed by atoms with Gasteiger partial charge in [-0.3, -0.25) is 4.98 Å². The van der Waals surface area contributed by atoms with Crippen molar-refractivity contribution in [3.05, 3.63) is 23.5 Å². The lowest BCUT2D eigenvalue weighted by Gasteiger charge is -2.09. The highest BCUT2D eigenvalue weighted by molar-refractivity contribution is 6.17. The average Bonchev–Trinajstić information content (AvgIpc) is 2.26. The summed E-state index contributed by atoms with van der Waals surface area (Å²) in [5, 5.41) is 0. The van der Waals surface area contributed by atoms with Crippen LogP contribution in [0.4, 0.5) is 0 Å². The van der Waals surface area contributed by atoms with Gasteiger partial charge in [0.1, 0.15) is 5.75 Å². The molecule has 15 heavy (non-hydrogen) atoms. The zero-order valence-corrected chi connectivity index (χ0v) is 10.2. The van der Waals surface area contributed by atoms with E-state index in [0.717, 1.165) is 43.0 Å². The molecule has 3 heteroatoms. The molecule has 1 rings (SSSR count). The standard InChI is InChI=1S/C12H18ClNO/c1-3-11-12(7-6-10(2)14-11)15-9-5-4-8-13/h6-7H,3-5,8-9H2,1-2H3. The Balaban J connectivity index is 2.52. The highest BCUT2D eigenvalue weighted by Gasteiger charge is 2.03. The van der Waals surface area contributed by atoms with Crippen LogP contribution >= 0.6 is 11.6 Å². The van der Waals surface area contributed by atoms with Crippen LogP contribution in [0.15, 0.2) is 12.1 Å². The van der Waals surface area contributed by atoms with Crippen LogP contribution in [0.25, 0.3) is 0 Å². The van der Waals surface area contributed by atoms with Crippen LogP contribution in [0, 0.1) is 6.92 Å². The molecule has 0 saturated carbocycles. The Bertz CT molecular complexity index is 302. The summed E-state index contributed by atoms with van der Waals surface area (Å²) in [6.07, 6.45) is 2.91. The van der Waals surface area contributed by atoms with E-state index in [1.54, 1.807) is 0 Å². The van der Waals surface area contributed by atoms with Crippen LogP contribution in [0.3, 0.4) is 0 Å². The predicted octanol–water partition coefficient (Wildman–Crippen LogP) is 3.35. The fourth-order valence-electron chi connectivity index (χ4n) is 1.36. The van der Waals surface area contributed by atoms with E-state index in [2.05, 4.69) is 11.9 Å². The fourth-order valence-corrected chi connectivity index (χ4v) is 1.55. The van der Waals surface area contributed by atoms with Crippen molar-refractivity contribution in [3.63, 3.8) is 0 Å². The Morgan fingerprint density at radius 2 is 2.13 bits per heavy atom. The summed E-state index contributed by atoms with van der Waals surface area (Å²) in [6.45, 7) is 4.81. The Morgan fingerprint density at radius 1 is 1.33 bits per heavy atom. The van der Waals surface area contributed by atoms with Gasteiger partial charge in [-0.25, -0.2) is 0 Å². The van der Waals surface area contributed by atoms with Crippen LogP contribution in [-0.4, -0.2) is 17.5 Å². The van der Waals surface area contributed by atoms with E-state index in [1.165, 1.54) is 0 Å². The molecular formula is C12H18ClNO. The molecule has 0 aliphatic carbocycles. The van der Waals surface area contributed by atoms with Crippen LogP contribution in [0.2, 0.25) is 0 Å². The lowest BCUT2D eigenvalue weighted by atomic mass is 10.2. The first-order valence-corrected chi connectivity index (χ1v) is 5.96. The maximum atomic E-state index is 5.66. The largest absolute Gasteiger partial charge is 0.492 e. The first-order valence-electron chi connectivity index (χ1n) is 5.43. The molecule has 1 heterocycles. The van der Waals surface area contributed by atoms with Crippen molar-refractivity contribution >= 4 is 11.6 Å². The molecule has 0 unspecified atom stereocenters. The van der Waals surface area contributed by atoms with Crippen molar-refractivity contribution in [1.29, 1.82) is 0 Å². The van der Waals surface area contributed by atoms with E-state index in [1.807, 2.05) is 19.1 Å². The molecule has 2 nitrogen and oxygen atoms in total. The van der Waals surface area contributed by atoms with Gasteiger partial charge >= 0.3 is 0 Å². The molecule has 0 aliphatic rings. The Labute approximate surface area is 96.6 Å². The van der Waals surface area contributed by atoms with Gasteiger partial charge in [0.05, 0.1) is 12.3 Å². The summed E-state index contributed by atoms with van der Waals surface area (Å²) in [7, 11) is 0. The quantitative estimate of drug-likeness (QED) is 0.549. The summed E-state index contributed by atoms with van der Waals surface area (Å²) in [4.78, 5) is 4.44. The third-order valence-electron chi connectivity index (χ3n) is 2.19. The van der Waals surface area contributed by atoms with Crippen LogP contribution in [-0.2, 0) is 6.42 Å². The number of hydrogen-bond acceptors (Lipinski definition) is 2. The van der Waals surface area contributed by atoms with E-state index in [9.17, 15) is 0 Å². The number of halogens is 1. The van der Waals surface area contributed by atoms with Crippen LogP contribution in [0.5, 0.6) is 5.75 Å². The third kappa shape index (κ3) is 4.08. The number of alkyl halides is 1. The minimum Gasteiger partial charge on any atom is -0.492 e. The monoisotopic (exact) mass is 227 g/mol. The molecule has 0 N–H and O–H groups in total. The molecule has 0 atom stereocenters. The minimum atomic E-state index is 0.705. The molecule has 0 spiro atoms. The molecule has 0 fully saturated rings. The summed E-state index contributed by atoms with van der Waals surface area (Å²) in [5.41, 5.74) is 2.08. The van der Waals surface area contributed by atoms with Gasteiger partial charge in [0.15, 0.2) is 0 Å². The van der Waals surface area contributed by atoms with Crippen molar-refractivity contribution in [2.45, 2.75) is 33.1 Å². The molecule has 84 valence electrons. The zero-order chi connectivity index (χ0) is 11.1. The normalized spacial score (nSPS) is 10.3. The first-order chi connectivity index (χ1) is 7.27. The second-order valence-electron chi connectivity index (χ2n) is 3.50. The van der Waals surface area contributed by atoms with Crippen LogP contribution in [0.1, 0.15) is 31.2 Å². The molecule has 1 aromatic rings. The lowest BCUT2D eigenvalue weighted by molar-refractivity contribution is 0.305. The topological polar surface area (TPSA) is 22.1 Å². The molecule has 0 bridgehead atoms. The summed E-state index contributed by atoms with van der Waals surface area (Å²) in [6, 6.07) is 3.98. The van der Waals surface area contributed by atoms with E-state index in [4.69, 9.17) is 16.3 Å². The summed E-state index contributed by atoms with van der Waals surface area (Å²) >= 11 is 5.59. The van der Waals surface area contributed by atoms with Gasteiger partial charge in [-0.15, -0.1) is 11.6 Å². The molecular weight excluding hydrogens is 210 g/mol. The second-order valence-corrected chi connectivity index (χ2v) is 3.87. The van der Waals surface area contributed by atoms with Crippen molar-refractivity contribution < 1.29 is 4.74 Å². The maximum Gasteiger partial charge on any atom is 0.140 e. The van der Waals surface area contributed by atoms with E-state index in [-0.39, 0.29) is 0 Å². The molecule has 0 amide bonds. The summed E-state index contributed by atoms with van der Waals surface area (Å²) < 4.78 is 5.66. The molecule has 0 aliphatic heterocycles. The van der Waals surface area contributed by atoms with Crippen molar-refractivity contribution in [2.24, 2.45) is 0 Å². The zero-order valence-electron chi connectivity index (χ0n) is 9.42. The van der Waals surface area contributed by atoms with E-state index < -0.39 is 0 Å². The number of unbranched alkanes of at least 4 members (excludes halogenated alkanes) is 1. The fraction of sp³-hybridized carbons (Fsp3) is 0.583. The SMILES string of the molecule is CCc1nc(C)ccc1OCCCCCl. The van der Waals surface area contributed by atoms with Gasteiger partial charge in [0.25, 0.3) is 0 Å². The predicted molar refractivity (Wildman–Crippen MR) is 63.8 cm³/mol. The van der Waals surface area contributed by atoms with E-state index in [0.29, 0.717) is 5.88 Å². The van der Waals surface area contributed by atoms with Gasteiger partial charge in [-0.1, -0.05) is 6.92 Å². The average molecular weight is 228 g/mol. The molecule has 0 radical (unpaired) electrons. The lowest BCUT2D eigenvalue weighted by Crippen LogP contribution is -2.02. The van der Waals surface area contributed by atoms with Crippen molar-refractivity contribution in [3.8, 4) is 5.75 Å². The number of ether oxygens (including phenoxy) is 1. The van der Waals surface area contributed by atoms with Gasteiger partial charge in [0, 0.05) is 11.6 Å². The van der Waals surface area contributed by atoms with Crippen LogP contribution < -0.4 is 4.74 Å². The number of aryl methyl sites for hydroxylation is 2. The first kappa shape index (κ1) is 12.3. The second kappa shape index (κ2) is 6.67. The maximum absolute atomic E-state index is 5.66. The smallest absolute Gasteiger partial charge is 0.140 e. The Kier molecular flexibility index (Phi) is 5.48. The van der Waals surface area contributed by atoms with Gasteiger partial charge < -0.3 is 4.74 Å². The van der Waals surface area contributed by atoms with Gasteiger partial charge in [-0.05, 0) is 38.3 Å². The Morgan fingerprint density at radius 3 is 2.80 bits per heavy atom. The van der Waals surface area contributed by atoms with Gasteiger partial charge in [-0.2, -0.15) is 0 Å². The van der Waals surface area contributed by atoms with Crippen molar-refractivity contribution in [1.82, 2.24) is 4.98 Å². The minimum absolute atomic E-state index is 0.705. The number of aromatic nitrogens is 1. The number of rotatable bonds is 6. The Hall–Kier alpha value is -0.760. The number of hydrogen-bond donors (Lipinski definition) is 0. The molecule has 0 saturated heterocycles. The molecule has 1 aromatic heterocycles. The highest BCUT2D eigenvalue weighted by atomic mass is 35.5. The number of pyridine rings is 1. The number of nitrogens with zero attached hydrogens (tertiary/aromatic N) is 1.